The first-order valence-corrected chi connectivity index (χ1v) is 7.24. The van der Waals surface area contributed by atoms with E-state index in [1.807, 2.05) is 6.92 Å². The van der Waals surface area contributed by atoms with Crippen molar-refractivity contribution in [3.63, 3.8) is 0 Å². The van der Waals surface area contributed by atoms with Crippen molar-refractivity contribution in [2.45, 2.75) is 52.1 Å². The summed E-state index contributed by atoms with van der Waals surface area (Å²) < 4.78 is 5.24. The topological polar surface area (TPSA) is 49.8 Å². The van der Waals surface area contributed by atoms with Crippen molar-refractivity contribution < 1.29 is 14.6 Å². The van der Waals surface area contributed by atoms with Gasteiger partial charge in [0.05, 0.1) is 0 Å². The first kappa shape index (κ1) is 15.4. The van der Waals surface area contributed by atoms with E-state index in [9.17, 15) is 4.79 Å². The Labute approximate surface area is 110 Å². The van der Waals surface area contributed by atoms with Crippen molar-refractivity contribution in [2.75, 3.05) is 26.2 Å². The molecule has 4 heteroatoms. The fourth-order valence-electron chi connectivity index (χ4n) is 2.64. The molecule has 4 nitrogen and oxygen atoms in total. The van der Waals surface area contributed by atoms with Crippen LogP contribution in [0.3, 0.4) is 0 Å². The van der Waals surface area contributed by atoms with Crippen molar-refractivity contribution in [1.82, 2.24) is 4.90 Å². The highest BCUT2D eigenvalue weighted by Crippen LogP contribution is 2.20. The number of likely N-dealkylation sites (tertiary alicyclic amines) is 1. The molecule has 1 fully saturated rings. The van der Waals surface area contributed by atoms with Crippen molar-refractivity contribution >= 4 is 5.97 Å². The third kappa shape index (κ3) is 5.36. The molecular weight excluding hydrogens is 230 g/mol. The molecule has 0 spiro atoms. The average Bonchev–Trinajstić information content (AvgIpc) is 2.59. The van der Waals surface area contributed by atoms with E-state index in [2.05, 4.69) is 11.8 Å². The molecule has 0 bridgehead atoms. The van der Waals surface area contributed by atoms with Crippen LogP contribution in [0, 0.1) is 5.92 Å². The number of rotatable bonds is 7. The Bertz CT molecular complexity index is 245. The van der Waals surface area contributed by atoms with Crippen LogP contribution in [0.5, 0.6) is 0 Å². The highest BCUT2D eigenvalue weighted by atomic mass is 16.5. The van der Waals surface area contributed by atoms with Crippen LogP contribution >= 0.6 is 0 Å². The first-order valence-electron chi connectivity index (χ1n) is 7.24. The van der Waals surface area contributed by atoms with Crippen LogP contribution in [0.15, 0.2) is 0 Å². The van der Waals surface area contributed by atoms with E-state index >= 15 is 0 Å². The zero-order valence-electron chi connectivity index (χ0n) is 11.7. The normalized spacial score (nSPS) is 23.6. The highest BCUT2D eigenvalue weighted by Gasteiger charge is 2.20. The van der Waals surface area contributed by atoms with Gasteiger partial charge in [-0.3, -0.25) is 0 Å². The summed E-state index contributed by atoms with van der Waals surface area (Å²) in [6.45, 7) is 7.62. The van der Waals surface area contributed by atoms with Crippen molar-refractivity contribution in [2.24, 2.45) is 5.92 Å². The maximum atomic E-state index is 11.0. The number of ether oxygens (including phenoxy) is 1. The van der Waals surface area contributed by atoms with Crippen molar-refractivity contribution in [3.8, 4) is 0 Å². The summed E-state index contributed by atoms with van der Waals surface area (Å²) in [6, 6.07) is 0. The second kappa shape index (κ2) is 8.48. The minimum Gasteiger partial charge on any atom is -0.479 e. The Balaban J connectivity index is 2.31. The Morgan fingerprint density at radius 2 is 2.17 bits per heavy atom. The van der Waals surface area contributed by atoms with Gasteiger partial charge in [-0.1, -0.05) is 13.3 Å². The lowest BCUT2D eigenvalue weighted by atomic mass is 9.98. The third-order valence-corrected chi connectivity index (χ3v) is 3.87. The van der Waals surface area contributed by atoms with Crippen LogP contribution in [0.4, 0.5) is 0 Å². The number of carbonyl (C=O) groups is 1. The molecule has 0 aromatic rings. The van der Waals surface area contributed by atoms with E-state index in [-0.39, 0.29) is 0 Å². The van der Waals surface area contributed by atoms with Gasteiger partial charge in [-0.05, 0) is 51.6 Å². The lowest BCUT2D eigenvalue weighted by molar-refractivity contribution is -0.150. The van der Waals surface area contributed by atoms with E-state index in [1.165, 1.54) is 25.7 Å². The molecular formula is C14H27NO3. The summed E-state index contributed by atoms with van der Waals surface area (Å²) in [6.07, 6.45) is 5.04. The maximum Gasteiger partial charge on any atom is 0.332 e. The maximum absolute atomic E-state index is 11.0. The number of nitrogens with zero attached hydrogens (tertiary/aromatic N) is 1. The quantitative estimate of drug-likeness (QED) is 0.760. The molecule has 0 radical (unpaired) electrons. The van der Waals surface area contributed by atoms with Crippen molar-refractivity contribution in [3.05, 3.63) is 0 Å². The third-order valence-electron chi connectivity index (χ3n) is 3.87. The Hall–Kier alpha value is -0.610. The number of carboxylic acids is 1. The summed E-state index contributed by atoms with van der Waals surface area (Å²) in [5.74, 6) is 0.0234. The van der Waals surface area contributed by atoms with Gasteiger partial charge < -0.3 is 14.7 Å². The molecule has 1 heterocycles. The van der Waals surface area contributed by atoms with Gasteiger partial charge in [0.15, 0.2) is 6.10 Å². The highest BCUT2D eigenvalue weighted by molar-refractivity contribution is 5.72. The molecule has 0 amide bonds. The number of carboxylic acid groups (broad SMARTS) is 1. The van der Waals surface area contributed by atoms with Gasteiger partial charge in [-0.15, -0.1) is 0 Å². The molecule has 106 valence electrons. The number of aliphatic carboxylic acids is 1. The summed E-state index contributed by atoms with van der Waals surface area (Å²) >= 11 is 0. The van der Waals surface area contributed by atoms with Gasteiger partial charge in [0.25, 0.3) is 0 Å². The van der Waals surface area contributed by atoms with E-state index in [0.29, 0.717) is 13.0 Å². The molecule has 1 N–H and O–H groups in total. The summed E-state index contributed by atoms with van der Waals surface area (Å²) in [5, 5.41) is 9.03. The monoisotopic (exact) mass is 257 g/mol. The van der Waals surface area contributed by atoms with Crippen LogP contribution in [-0.2, 0) is 9.53 Å². The lowest BCUT2D eigenvalue weighted by Crippen LogP contribution is -2.32. The second-order valence-corrected chi connectivity index (χ2v) is 5.12. The second-order valence-electron chi connectivity index (χ2n) is 5.12. The SMILES string of the molecule is CCOC(CCN1CCCC(CC)CC1)C(=O)O. The van der Waals surface area contributed by atoms with Crippen LogP contribution < -0.4 is 0 Å². The van der Waals surface area contributed by atoms with Gasteiger partial charge in [0.2, 0.25) is 0 Å². The van der Waals surface area contributed by atoms with E-state index in [1.54, 1.807) is 0 Å². The number of hydrogen-bond donors (Lipinski definition) is 1. The largest absolute Gasteiger partial charge is 0.479 e. The molecule has 0 saturated carbocycles. The Morgan fingerprint density at radius 3 is 2.78 bits per heavy atom. The van der Waals surface area contributed by atoms with E-state index in [4.69, 9.17) is 9.84 Å². The van der Waals surface area contributed by atoms with Gasteiger partial charge >= 0.3 is 5.97 Å². The van der Waals surface area contributed by atoms with Crippen LogP contribution in [0.1, 0.15) is 46.0 Å². The minimum atomic E-state index is -0.835. The van der Waals surface area contributed by atoms with Gasteiger partial charge in [-0.2, -0.15) is 0 Å². The van der Waals surface area contributed by atoms with Crippen LogP contribution in [0.25, 0.3) is 0 Å². The standard InChI is InChI=1S/C14H27NO3/c1-3-12-6-5-9-15(10-7-12)11-8-13(14(16)17)18-4-2/h12-13H,3-11H2,1-2H3,(H,16,17). The van der Waals surface area contributed by atoms with Gasteiger partial charge in [0, 0.05) is 13.2 Å². The molecule has 1 saturated heterocycles. The summed E-state index contributed by atoms with van der Waals surface area (Å²) in [5.41, 5.74) is 0. The van der Waals surface area contributed by atoms with E-state index < -0.39 is 12.1 Å². The molecule has 18 heavy (non-hydrogen) atoms. The molecule has 1 aliphatic rings. The van der Waals surface area contributed by atoms with E-state index in [0.717, 1.165) is 25.6 Å². The molecule has 0 aliphatic carbocycles. The predicted octanol–water partition coefficient (Wildman–Crippen LogP) is 2.38. The zero-order chi connectivity index (χ0) is 13.4. The fraction of sp³-hybridized carbons (Fsp3) is 0.929. The smallest absolute Gasteiger partial charge is 0.332 e. The fourth-order valence-corrected chi connectivity index (χ4v) is 2.64. The van der Waals surface area contributed by atoms with Gasteiger partial charge in [0.1, 0.15) is 0 Å². The van der Waals surface area contributed by atoms with Crippen LogP contribution in [0.2, 0.25) is 0 Å². The summed E-state index contributed by atoms with van der Waals surface area (Å²) in [4.78, 5) is 13.4. The van der Waals surface area contributed by atoms with Crippen molar-refractivity contribution in [1.29, 1.82) is 0 Å². The van der Waals surface area contributed by atoms with Crippen LogP contribution in [-0.4, -0.2) is 48.3 Å². The number of hydrogen-bond acceptors (Lipinski definition) is 3. The lowest BCUT2D eigenvalue weighted by Gasteiger charge is -2.22. The molecule has 1 aliphatic heterocycles. The average molecular weight is 257 g/mol. The first-order chi connectivity index (χ1) is 8.67. The molecule has 0 aromatic heterocycles. The molecule has 2 unspecified atom stereocenters. The minimum absolute atomic E-state index is 0.467. The Kier molecular flexibility index (Phi) is 7.28. The molecule has 1 rings (SSSR count). The van der Waals surface area contributed by atoms with Gasteiger partial charge in [-0.25, -0.2) is 4.79 Å². The molecule has 2 atom stereocenters. The molecule has 0 aromatic carbocycles. The Morgan fingerprint density at radius 1 is 1.39 bits per heavy atom. The predicted molar refractivity (Wildman–Crippen MR) is 71.7 cm³/mol. The zero-order valence-corrected chi connectivity index (χ0v) is 11.7. The summed E-state index contributed by atoms with van der Waals surface area (Å²) in [7, 11) is 0.